The number of ether oxygens (including phenoxy) is 1. The second-order valence-corrected chi connectivity index (χ2v) is 6.83. The maximum atomic E-state index is 11.6. The Labute approximate surface area is 134 Å². The van der Waals surface area contributed by atoms with Crippen molar-refractivity contribution >= 4 is 21.2 Å². The van der Waals surface area contributed by atoms with Gasteiger partial charge in [0, 0.05) is 24.9 Å². The number of nitro groups is 1. The summed E-state index contributed by atoms with van der Waals surface area (Å²) in [6, 6.07) is 10.4. The molecular weight excluding hydrogens is 320 g/mol. The molecule has 0 radical (unpaired) electrons. The molecule has 23 heavy (non-hydrogen) atoms. The van der Waals surface area contributed by atoms with Crippen molar-refractivity contribution in [3.8, 4) is 11.5 Å². The molecule has 0 saturated carbocycles. The summed E-state index contributed by atoms with van der Waals surface area (Å²) >= 11 is 0. The number of rotatable bonds is 6. The average Bonchev–Trinajstić information content (AvgIpc) is 2.47. The van der Waals surface area contributed by atoms with E-state index in [-0.39, 0.29) is 10.6 Å². The lowest BCUT2D eigenvalue weighted by Gasteiger charge is -2.10. The zero-order valence-corrected chi connectivity index (χ0v) is 13.5. The molecular formula is C15H16N2O5S. The van der Waals surface area contributed by atoms with Crippen LogP contribution >= 0.6 is 0 Å². The summed E-state index contributed by atoms with van der Waals surface area (Å²) in [7, 11) is -3.33. The minimum atomic E-state index is -3.33. The van der Waals surface area contributed by atoms with Gasteiger partial charge in [-0.3, -0.25) is 10.1 Å². The third kappa shape index (κ3) is 4.19. The number of nitrogens with one attached hydrogen (secondary N) is 1. The summed E-state index contributed by atoms with van der Waals surface area (Å²) in [6.07, 6.45) is 1.11. The van der Waals surface area contributed by atoms with E-state index in [1.165, 1.54) is 30.3 Å². The first-order valence-electron chi connectivity index (χ1n) is 6.81. The maximum Gasteiger partial charge on any atom is 0.292 e. The highest BCUT2D eigenvalue weighted by Gasteiger charge is 2.15. The van der Waals surface area contributed by atoms with Crippen molar-refractivity contribution in [1.29, 1.82) is 0 Å². The molecule has 0 atom stereocenters. The van der Waals surface area contributed by atoms with Gasteiger partial charge >= 0.3 is 0 Å². The fourth-order valence-corrected chi connectivity index (χ4v) is 2.63. The van der Waals surface area contributed by atoms with Crippen molar-refractivity contribution in [1.82, 2.24) is 0 Å². The van der Waals surface area contributed by atoms with Gasteiger partial charge in [-0.2, -0.15) is 0 Å². The van der Waals surface area contributed by atoms with Gasteiger partial charge in [0.15, 0.2) is 9.84 Å². The molecule has 0 unspecified atom stereocenters. The van der Waals surface area contributed by atoms with Gasteiger partial charge in [-0.25, -0.2) is 8.42 Å². The van der Waals surface area contributed by atoms with Crippen LogP contribution in [0.15, 0.2) is 47.4 Å². The Morgan fingerprint density at radius 3 is 2.48 bits per heavy atom. The number of hydrogen-bond acceptors (Lipinski definition) is 6. The van der Waals surface area contributed by atoms with Gasteiger partial charge in [0.2, 0.25) is 0 Å². The normalized spacial score (nSPS) is 11.0. The highest BCUT2D eigenvalue weighted by atomic mass is 32.2. The first kappa shape index (κ1) is 16.8. The number of nitrogens with zero attached hydrogens (tertiary/aromatic N) is 1. The Balaban J connectivity index is 2.34. The van der Waals surface area contributed by atoms with Crippen molar-refractivity contribution in [2.24, 2.45) is 0 Å². The summed E-state index contributed by atoms with van der Waals surface area (Å²) in [4.78, 5) is 10.6. The Morgan fingerprint density at radius 1 is 1.17 bits per heavy atom. The van der Waals surface area contributed by atoms with Crippen LogP contribution in [0.3, 0.4) is 0 Å². The smallest absolute Gasteiger partial charge is 0.292 e. The lowest BCUT2D eigenvalue weighted by Crippen LogP contribution is -2.01. The van der Waals surface area contributed by atoms with Gasteiger partial charge in [-0.05, 0) is 31.2 Å². The molecule has 2 aromatic rings. The fraction of sp³-hybridized carbons (Fsp3) is 0.200. The largest absolute Gasteiger partial charge is 0.457 e. The molecule has 0 saturated heterocycles. The zero-order valence-electron chi connectivity index (χ0n) is 12.6. The second-order valence-electron chi connectivity index (χ2n) is 4.82. The molecule has 7 nitrogen and oxygen atoms in total. The molecule has 0 aliphatic rings. The Hall–Kier alpha value is -2.61. The van der Waals surface area contributed by atoms with E-state index in [1.807, 2.05) is 6.92 Å². The van der Waals surface area contributed by atoms with Crippen LogP contribution in [-0.4, -0.2) is 26.1 Å². The van der Waals surface area contributed by atoms with E-state index >= 15 is 0 Å². The van der Waals surface area contributed by atoms with E-state index in [9.17, 15) is 18.5 Å². The van der Waals surface area contributed by atoms with Gasteiger partial charge in [0.05, 0.1) is 9.82 Å². The SMILES string of the molecule is CCNc1cc(Oc2cccc(S(C)(=O)=O)c2)ccc1[N+](=O)[O-]. The number of benzene rings is 2. The molecule has 0 bridgehead atoms. The molecule has 0 spiro atoms. The summed E-state index contributed by atoms with van der Waals surface area (Å²) < 4.78 is 28.7. The highest BCUT2D eigenvalue weighted by Crippen LogP contribution is 2.31. The lowest BCUT2D eigenvalue weighted by atomic mass is 10.2. The summed E-state index contributed by atoms with van der Waals surface area (Å²) in [5, 5.41) is 13.9. The molecule has 0 fully saturated rings. The Kier molecular flexibility index (Phi) is 4.85. The minimum absolute atomic E-state index is 0.0518. The third-order valence-corrected chi connectivity index (χ3v) is 4.11. The predicted octanol–water partition coefficient (Wildman–Crippen LogP) is 3.22. The monoisotopic (exact) mass is 336 g/mol. The van der Waals surface area contributed by atoms with Crippen molar-refractivity contribution in [3.05, 3.63) is 52.6 Å². The second kappa shape index (κ2) is 6.66. The van der Waals surface area contributed by atoms with Gasteiger partial charge in [0.25, 0.3) is 5.69 Å². The molecule has 0 amide bonds. The Morgan fingerprint density at radius 2 is 1.87 bits per heavy atom. The summed E-state index contributed by atoms with van der Waals surface area (Å²) in [5.74, 6) is 0.710. The van der Waals surface area contributed by atoms with Crippen LogP contribution in [0.5, 0.6) is 11.5 Å². The average molecular weight is 336 g/mol. The van der Waals surface area contributed by atoms with Crippen LogP contribution in [0.1, 0.15) is 6.92 Å². The summed E-state index contributed by atoms with van der Waals surface area (Å²) in [5.41, 5.74) is 0.290. The van der Waals surface area contributed by atoms with Crippen molar-refractivity contribution in [2.75, 3.05) is 18.1 Å². The van der Waals surface area contributed by atoms with Crippen LogP contribution in [0, 0.1) is 10.1 Å². The van der Waals surface area contributed by atoms with E-state index in [0.717, 1.165) is 6.26 Å². The molecule has 8 heteroatoms. The number of hydrogen-bond donors (Lipinski definition) is 1. The molecule has 2 rings (SSSR count). The van der Waals surface area contributed by atoms with E-state index in [1.54, 1.807) is 12.1 Å². The van der Waals surface area contributed by atoms with Crippen LogP contribution in [0.4, 0.5) is 11.4 Å². The Bertz CT molecular complexity index is 834. The van der Waals surface area contributed by atoms with Crippen LogP contribution in [0.2, 0.25) is 0 Å². The topological polar surface area (TPSA) is 98.5 Å². The maximum absolute atomic E-state index is 11.6. The van der Waals surface area contributed by atoms with E-state index in [4.69, 9.17) is 4.74 Å². The first-order chi connectivity index (χ1) is 10.8. The predicted molar refractivity (Wildman–Crippen MR) is 86.9 cm³/mol. The van der Waals surface area contributed by atoms with Crippen molar-refractivity contribution in [3.63, 3.8) is 0 Å². The van der Waals surface area contributed by atoms with Crippen molar-refractivity contribution in [2.45, 2.75) is 11.8 Å². The molecule has 0 aliphatic heterocycles. The molecule has 1 N–H and O–H groups in total. The molecule has 0 aromatic heterocycles. The van der Waals surface area contributed by atoms with E-state index in [2.05, 4.69) is 5.32 Å². The molecule has 122 valence electrons. The van der Waals surface area contributed by atoms with Crippen LogP contribution in [0.25, 0.3) is 0 Å². The number of sulfone groups is 1. The van der Waals surface area contributed by atoms with Gasteiger partial charge in [0.1, 0.15) is 17.2 Å². The van der Waals surface area contributed by atoms with Gasteiger partial charge in [-0.1, -0.05) is 6.07 Å². The molecule has 2 aromatic carbocycles. The van der Waals surface area contributed by atoms with Gasteiger partial charge < -0.3 is 10.1 Å². The number of anilines is 1. The third-order valence-electron chi connectivity index (χ3n) is 3.00. The first-order valence-corrected chi connectivity index (χ1v) is 8.70. The fourth-order valence-electron chi connectivity index (χ4n) is 1.97. The van der Waals surface area contributed by atoms with Gasteiger partial charge in [-0.15, -0.1) is 0 Å². The number of nitro benzene ring substituents is 1. The van der Waals surface area contributed by atoms with E-state index < -0.39 is 14.8 Å². The molecule has 0 heterocycles. The quantitative estimate of drug-likeness (QED) is 0.642. The van der Waals surface area contributed by atoms with Crippen LogP contribution in [-0.2, 0) is 9.84 Å². The molecule has 0 aliphatic carbocycles. The van der Waals surface area contributed by atoms with E-state index in [0.29, 0.717) is 23.7 Å². The highest BCUT2D eigenvalue weighted by molar-refractivity contribution is 7.90. The van der Waals surface area contributed by atoms with Crippen molar-refractivity contribution < 1.29 is 18.1 Å². The minimum Gasteiger partial charge on any atom is -0.457 e. The lowest BCUT2D eigenvalue weighted by molar-refractivity contribution is -0.384. The zero-order chi connectivity index (χ0) is 17.0. The van der Waals surface area contributed by atoms with Crippen LogP contribution < -0.4 is 10.1 Å². The standard InChI is InChI=1S/C15H16N2O5S/c1-3-16-14-10-12(7-8-15(14)17(18)19)22-11-5-4-6-13(9-11)23(2,20)21/h4-10,16H,3H2,1-2H3. The summed E-state index contributed by atoms with van der Waals surface area (Å²) in [6.45, 7) is 2.35.